The van der Waals surface area contributed by atoms with E-state index in [9.17, 15) is 9.59 Å². The molecule has 3 N–H and O–H groups in total. The van der Waals surface area contributed by atoms with Gasteiger partial charge in [0.15, 0.2) is 0 Å². The summed E-state index contributed by atoms with van der Waals surface area (Å²) < 4.78 is 0. The summed E-state index contributed by atoms with van der Waals surface area (Å²) in [6.45, 7) is 3.14. The molecule has 1 aromatic carbocycles. The van der Waals surface area contributed by atoms with Gasteiger partial charge in [0.05, 0.1) is 5.92 Å². The maximum atomic E-state index is 12.6. The smallest absolute Gasteiger partial charge is 0.227 e. The van der Waals surface area contributed by atoms with Crippen molar-refractivity contribution in [2.75, 3.05) is 20.1 Å². The first-order chi connectivity index (χ1) is 10.5. The molecule has 0 aromatic heterocycles. The maximum absolute atomic E-state index is 12.6. The van der Waals surface area contributed by atoms with Crippen LogP contribution in [0.5, 0.6) is 0 Å². The van der Waals surface area contributed by atoms with Crippen LogP contribution in [-0.2, 0) is 9.59 Å². The number of hydrogen-bond acceptors (Lipinski definition) is 3. The highest BCUT2D eigenvalue weighted by Gasteiger charge is 2.31. The Kier molecular flexibility index (Phi) is 7.52. The maximum Gasteiger partial charge on any atom is 0.227 e. The van der Waals surface area contributed by atoms with Crippen LogP contribution in [0.25, 0.3) is 0 Å². The molecule has 1 aliphatic rings. The summed E-state index contributed by atoms with van der Waals surface area (Å²) in [5, 5.41) is 2.68. The van der Waals surface area contributed by atoms with Gasteiger partial charge in [-0.1, -0.05) is 37.3 Å². The van der Waals surface area contributed by atoms with Gasteiger partial charge in [0, 0.05) is 32.1 Å². The van der Waals surface area contributed by atoms with Crippen molar-refractivity contribution in [2.24, 2.45) is 17.6 Å². The Morgan fingerprint density at radius 3 is 2.30 bits per heavy atom. The van der Waals surface area contributed by atoms with Crippen LogP contribution in [0.4, 0.5) is 0 Å². The summed E-state index contributed by atoms with van der Waals surface area (Å²) in [6.07, 6.45) is 1.44. The number of likely N-dealkylation sites (tertiary alicyclic amines) is 1. The Morgan fingerprint density at radius 1 is 1.22 bits per heavy atom. The SMILES string of the molecule is CNC(=O)C1CCN(C(=O)C(C)C(N)c2ccccc2)CC1.Cl. The summed E-state index contributed by atoms with van der Waals surface area (Å²) in [5.74, 6) is -0.0982. The second kappa shape index (κ2) is 8.89. The first-order valence-electron chi connectivity index (χ1n) is 7.85. The first-order valence-corrected chi connectivity index (χ1v) is 7.85. The van der Waals surface area contributed by atoms with Gasteiger partial charge in [-0.05, 0) is 18.4 Å². The summed E-state index contributed by atoms with van der Waals surface area (Å²) >= 11 is 0. The highest BCUT2D eigenvalue weighted by Crippen LogP contribution is 2.24. The number of benzene rings is 1. The number of piperidine rings is 1. The third-order valence-electron chi connectivity index (χ3n) is 4.54. The van der Waals surface area contributed by atoms with Gasteiger partial charge in [-0.2, -0.15) is 0 Å². The third kappa shape index (κ3) is 4.69. The largest absolute Gasteiger partial charge is 0.359 e. The van der Waals surface area contributed by atoms with Crippen molar-refractivity contribution in [2.45, 2.75) is 25.8 Å². The molecule has 1 aliphatic heterocycles. The molecule has 2 atom stereocenters. The minimum atomic E-state index is -0.301. The highest BCUT2D eigenvalue weighted by molar-refractivity contribution is 5.85. The number of carbonyl (C=O) groups is 2. The minimum absolute atomic E-state index is 0. The fraction of sp³-hybridized carbons (Fsp3) is 0.529. The lowest BCUT2D eigenvalue weighted by Crippen LogP contribution is -2.45. The van der Waals surface area contributed by atoms with E-state index >= 15 is 0 Å². The predicted octanol–water partition coefficient (Wildman–Crippen LogP) is 1.73. The molecule has 2 rings (SSSR count). The quantitative estimate of drug-likeness (QED) is 0.877. The fourth-order valence-corrected chi connectivity index (χ4v) is 2.97. The molecule has 0 saturated carbocycles. The molecule has 0 bridgehead atoms. The Balaban J connectivity index is 0.00000264. The molecule has 1 fully saturated rings. The van der Waals surface area contributed by atoms with E-state index in [4.69, 9.17) is 5.73 Å². The van der Waals surface area contributed by atoms with E-state index in [-0.39, 0.29) is 42.1 Å². The van der Waals surface area contributed by atoms with Crippen LogP contribution in [0.2, 0.25) is 0 Å². The molecule has 2 amide bonds. The number of nitrogens with one attached hydrogen (secondary N) is 1. The van der Waals surface area contributed by atoms with Crippen molar-refractivity contribution in [1.82, 2.24) is 10.2 Å². The standard InChI is InChI=1S/C17H25N3O2.ClH/c1-12(15(18)13-6-4-3-5-7-13)17(22)20-10-8-14(9-11-20)16(21)19-2;/h3-7,12,14-15H,8-11,18H2,1-2H3,(H,19,21);1H. The van der Waals surface area contributed by atoms with Crippen molar-refractivity contribution in [1.29, 1.82) is 0 Å². The molecule has 0 aliphatic carbocycles. The Bertz CT molecular complexity index is 516. The molecule has 128 valence electrons. The lowest BCUT2D eigenvalue weighted by molar-refractivity contribution is -0.139. The Labute approximate surface area is 144 Å². The topological polar surface area (TPSA) is 75.4 Å². The van der Waals surface area contributed by atoms with Crippen molar-refractivity contribution in [3.63, 3.8) is 0 Å². The summed E-state index contributed by atoms with van der Waals surface area (Å²) in [7, 11) is 1.65. The van der Waals surface area contributed by atoms with E-state index in [1.165, 1.54) is 0 Å². The van der Waals surface area contributed by atoms with E-state index in [0.717, 1.165) is 18.4 Å². The van der Waals surface area contributed by atoms with Crippen LogP contribution in [0.1, 0.15) is 31.4 Å². The molecule has 1 aromatic rings. The van der Waals surface area contributed by atoms with Crippen molar-refractivity contribution < 1.29 is 9.59 Å². The second-order valence-electron chi connectivity index (χ2n) is 5.94. The van der Waals surface area contributed by atoms with Gasteiger partial charge in [-0.3, -0.25) is 9.59 Å². The molecular formula is C17H26ClN3O2. The van der Waals surface area contributed by atoms with Gasteiger partial charge in [0.2, 0.25) is 11.8 Å². The number of hydrogen-bond donors (Lipinski definition) is 2. The third-order valence-corrected chi connectivity index (χ3v) is 4.54. The summed E-state index contributed by atoms with van der Waals surface area (Å²) in [4.78, 5) is 26.1. The first kappa shape index (κ1) is 19.5. The number of rotatable bonds is 4. The molecule has 0 spiro atoms. The van der Waals surface area contributed by atoms with Gasteiger partial charge in [-0.15, -0.1) is 12.4 Å². The minimum Gasteiger partial charge on any atom is -0.359 e. The predicted molar refractivity (Wildman–Crippen MR) is 93.2 cm³/mol. The van der Waals surface area contributed by atoms with Crippen molar-refractivity contribution in [3.05, 3.63) is 35.9 Å². The molecule has 0 radical (unpaired) electrons. The van der Waals surface area contributed by atoms with E-state index in [1.54, 1.807) is 7.05 Å². The fourth-order valence-electron chi connectivity index (χ4n) is 2.97. The van der Waals surface area contributed by atoms with Crippen LogP contribution in [0, 0.1) is 11.8 Å². The van der Waals surface area contributed by atoms with Gasteiger partial charge >= 0.3 is 0 Å². The number of nitrogens with two attached hydrogens (primary N) is 1. The molecule has 6 heteroatoms. The molecule has 23 heavy (non-hydrogen) atoms. The monoisotopic (exact) mass is 339 g/mol. The number of carbonyl (C=O) groups excluding carboxylic acids is 2. The van der Waals surface area contributed by atoms with Crippen LogP contribution in [0.15, 0.2) is 30.3 Å². The number of nitrogens with zero attached hydrogens (tertiary/aromatic N) is 1. The molecule has 1 saturated heterocycles. The summed E-state index contributed by atoms with van der Waals surface area (Å²) in [5.41, 5.74) is 7.21. The summed E-state index contributed by atoms with van der Waals surface area (Å²) in [6, 6.07) is 9.40. The van der Waals surface area contributed by atoms with E-state index in [0.29, 0.717) is 13.1 Å². The number of amides is 2. The van der Waals surface area contributed by atoms with Crippen molar-refractivity contribution >= 4 is 24.2 Å². The Hall–Kier alpha value is -1.59. The molecular weight excluding hydrogens is 314 g/mol. The van der Waals surface area contributed by atoms with E-state index in [2.05, 4.69) is 5.32 Å². The average Bonchev–Trinajstić information content (AvgIpc) is 2.60. The second-order valence-corrected chi connectivity index (χ2v) is 5.94. The van der Waals surface area contributed by atoms with E-state index < -0.39 is 0 Å². The average molecular weight is 340 g/mol. The zero-order chi connectivity index (χ0) is 16.1. The van der Waals surface area contributed by atoms with Crippen molar-refractivity contribution in [3.8, 4) is 0 Å². The van der Waals surface area contributed by atoms with Gasteiger partial charge in [-0.25, -0.2) is 0 Å². The van der Waals surface area contributed by atoms with Crippen LogP contribution in [0.3, 0.4) is 0 Å². The lowest BCUT2D eigenvalue weighted by Gasteiger charge is -2.34. The van der Waals surface area contributed by atoms with Crippen LogP contribution in [-0.4, -0.2) is 36.9 Å². The molecule has 5 nitrogen and oxygen atoms in total. The Morgan fingerprint density at radius 2 is 1.78 bits per heavy atom. The van der Waals surface area contributed by atoms with Crippen LogP contribution >= 0.6 is 12.4 Å². The van der Waals surface area contributed by atoms with Crippen LogP contribution < -0.4 is 11.1 Å². The van der Waals surface area contributed by atoms with Gasteiger partial charge < -0.3 is 16.0 Å². The molecule has 1 heterocycles. The van der Waals surface area contributed by atoms with E-state index in [1.807, 2.05) is 42.2 Å². The number of halogens is 1. The highest BCUT2D eigenvalue weighted by atomic mass is 35.5. The van der Waals surface area contributed by atoms with Gasteiger partial charge in [0.25, 0.3) is 0 Å². The molecule has 2 unspecified atom stereocenters. The zero-order valence-corrected chi connectivity index (χ0v) is 14.5. The van der Waals surface area contributed by atoms with Gasteiger partial charge in [0.1, 0.15) is 0 Å². The lowest BCUT2D eigenvalue weighted by atomic mass is 9.91. The zero-order valence-electron chi connectivity index (χ0n) is 13.7. The normalized spacial score (nSPS) is 17.8.